The van der Waals surface area contributed by atoms with E-state index in [4.69, 9.17) is 5.73 Å². The van der Waals surface area contributed by atoms with E-state index in [9.17, 15) is 22.4 Å². The molecule has 0 spiro atoms. The van der Waals surface area contributed by atoms with Crippen molar-refractivity contribution < 1.29 is 27.1 Å². The first-order chi connectivity index (χ1) is 11.7. The molecule has 0 bridgehead atoms. The third-order valence-corrected chi connectivity index (χ3v) is 4.29. The van der Waals surface area contributed by atoms with E-state index in [2.05, 4.69) is 10.1 Å². The summed E-state index contributed by atoms with van der Waals surface area (Å²) >= 11 is 0. The topological polar surface area (TPSA) is 64.4 Å². The van der Waals surface area contributed by atoms with Gasteiger partial charge in [-0.3, -0.25) is 4.79 Å². The molecule has 1 rings (SSSR count). The molecule has 0 atom stereocenters. The summed E-state index contributed by atoms with van der Waals surface area (Å²) in [5.74, 6) is -4.41. The summed E-state index contributed by atoms with van der Waals surface area (Å²) < 4.78 is 54.4. The first-order valence-corrected chi connectivity index (χ1v) is 8.05. The molecule has 3 N–H and O–H groups in total. The van der Waals surface area contributed by atoms with Crippen LogP contribution < -0.4 is 11.1 Å². The van der Waals surface area contributed by atoms with Gasteiger partial charge in [-0.15, -0.1) is 0 Å². The number of carbonyl (C=O) groups excluding carboxylic acids is 1. The Morgan fingerprint density at radius 3 is 2.44 bits per heavy atom. The summed E-state index contributed by atoms with van der Waals surface area (Å²) in [7, 11) is 0. The Balaban J connectivity index is 2.71. The van der Waals surface area contributed by atoms with Crippen molar-refractivity contribution >= 4 is 11.6 Å². The molecule has 0 aliphatic rings. The van der Waals surface area contributed by atoms with Gasteiger partial charge in [-0.25, -0.2) is 8.78 Å². The van der Waals surface area contributed by atoms with Gasteiger partial charge in [0.05, 0.1) is 12.0 Å². The zero-order valence-corrected chi connectivity index (χ0v) is 14.3. The summed E-state index contributed by atoms with van der Waals surface area (Å²) in [5, 5.41) is 2.76. The Hall–Kier alpha value is -1.67. The van der Waals surface area contributed by atoms with Crippen molar-refractivity contribution in [1.29, 1.82) is 0 Å². The number of alkyl halides is 4. The Labute approximate surface area is 144 Å². The van der Waals surface area contributed by atoms with Crippen molar-refractivity contribution in [1.82, 2.24) is 0 Å². The van der Waals surface area contributed by atoms with Crippen molar-refractivity contribution in [2.45, 2.75) is 45.6 Å². The van der Waals surface area contributed by atoms with Crippen LogP contribution >= 0.6 is 0 Å². The van der Waals surface area contributed by atoms with Crippen LogP contribution in [-0.4, -0.2) is 31.4 Å². The predicted molar refractivity (Wildman–Crippen MR) is 87.7 cm³/mol. The normalized spacial score (nSPS) is 12.5. The number of benzene rings is 1. The Kier molecular flexibility index (Phi) is 7.82. The summed E-state index contributed by atoms with van der Waals surface area (Å²) in [6.07, 6.45) is -2.61. The molecule has 4 nitrogen and oxygen atoms in total. The number of amides is 1. The highest BCUT2D eigenvalue weighted by atomic mass is 19.3. The van der Waals surface area contributed by atoms with Crippen LogP contribution in [0.25, 0.3) is 0 Å². The molecule has 0 aliphatic carbocycles. The lowest BCUT2D eigenvalue weighted by molar-refractivity contribution is -0.168. The summed E-state index contributed by atoms with van der Waals surface area (Å²) in [6, 6.07) is 6.39. The van der Waals surface area contributed by atoms with Crippen molar-refractivity contribution in [3.63, 3.8) is 0 Å². The largest absolute Gasteiger partial charge is 0.370 e. The van der Waals surface area contributed by atoms with Gasteiger partial charge in [-0.2, -0.15) is 8.78 Å². The highest BCUT2D eigenvalue weighted by Gasteiger charge is 2.41. The van der Waals surface area contributed by atoms with Crippen molar-refractivity contribution in [2.24, 2.45) is 11.1 Å². The van der Waals surface area contributed by atoms with Crippen LogP contribution in [0.15, 0.2) is 24.3 Å². The minimum Gasteiger partial charge on any atom is -0.370 e. The number of nitrogens with one attached hydrogen (secondary N) is 1. The lowest BCUT2D eigenvalue weighted by Crippen LogP contribution is -2.41. The Morgan fingerprint density at radius 2 is 1.92 bits per heavy atom. The van der Waals surface area contributed by atoms with Gasteiger partial charge < -0.3 is 15.8 Å². The van der Waals surface area contributed by atoms with Gasteiger partial charge in [0.25, 0.3) is 0 Å². The first kappa shape index (κ1) is 21.4. The van der Waals surface area contributed by atoms with E-state index < -0.39 is 24.4 Å². The van der Waals surface area contributed by atoms with Gasteiger partial charge in [0.1, 0.15) is 6.61 Å². The fraction of sp³-hybridized carbons (Fsp3) is 0.588. The predicted octanol–water partition coefficient (Wildman–Crippen LogP) is 3.81. The van der Waals surface area contributed by atoms with E-state index in [0.29, 0.717) is 24.1 Å². The fourth-order valence-electron chi connectivity index (χ4n) is 2.32. The van der Waals surface area contributed by atoms with Gasteiger partial charge in [0.15, 0.2) is 0 Å². The van der Waals surface area contributed by atoms with Gasteiger partial charge in [0.2, 0.25) is 5.91 Å². The zero-order chi connectivity index (χ0) is 19.1. The second kappa shape index (κ2) is 9.15. The molecule has 1 amide bonds. The lowest BCUT2D eigenvalue weighted by atomic mass is 9.81. The molecule has 1 aromatic rings. The standard InChI is InChI=1S/C17H24F4N2O2/c1-3-16(4-2,10-22)15(24)23-13-7-5-6-12(8-13)9-25-11-17(20,21)14(18)19/h5-8,14H,3-4,9-11,22H2,1-2H3,(H,23,24). The van der Waals surface area contributed by atoms with E-state index in [1.807, 2.05) is 13.8 Å². The SMILES string of the molecule is CCC(CC)(CN)C(=O)Nc1cccc(COCC(F)(F)C(F)F)c1. The Bertz CT molecular complexity index is 555. The monoisotopic (exact) mass is 364 g/mol. The zero-order valence-electron chi connectivity index (χ0n) is 14.3. The van der Waals surface area contributed by atoms with Crippen LogP contribution in [0.3, 0.4) is 0 Å². The minimum absolute atomic E-state index is 0.206. The molecule has 25 heavy (non-hydrogen) atoms. The first-order valence-electron chi connectivity index (χ1n) is 8.05. The smallest absolute Gasteiger partial charge is 0.330 e. The third kappa shape index (κ3) is 5.67. The number of hydrogen-bond donors (Lipinski definition) is 2. The number of ether oxygens (including phenoxy) is 1. The molecular formula is C17H24F4N2O2. The Morgan fingerprint density at radius 1 is 1.28 bits per heavy atom. The number of nitrogens with two attached hydrogens (primary N) is 1. The molecular weight excluding hydrogens is 340 g/mol. The fourth-order valence-corrected chi connectivity index (χ4v) is 2.32. The minimum atomic E-state index is -4.19. The average Bonchev–Trinajstić information content (AvgIpc) is 2.57. The van der Waals surface area contributed by atoms with Gasteiger partial charge in [0, 0.05) is 12.2 Å². The van der Waals surface area contributed by atoms with E-state index in [0.717, 1.165) is 0 Å². The summed E-state index contributed by atoms with van der Waals surface area (Å²) in [6.45, 7) is 2.32. The highest BCUT2D eigenvalue weighted by molar-refractivity contribution is 5.95. The molecule has 0 unspecified atom stereocenters. The van der Waals surface area contributed by atoms with Gasteiger partial charge >= 0.3 is 12.3 Å². The van der Waals surface area contributed by atoms with Crippen molar-refractivity contribution in [2.75, 3.05) is 18.5 Å². The van der Waals surface area contributed by atoms with E-state index in [1.54, 1.807) is 24.3 Å². The third-order valence-electron chi connectivity index (χ3n) is 4.29. The molecule has 0 fully saturated rings. The molecule has 0 heterocycles. The molecule has 0 radical (unpaired) electrons. The molecule has 1 aromatic carbocycles. The summed E-state index contributed by atoms with van der Waals surface area (Å²) in [5.41, 5.74) is 6.00. The second-order valence-electron chi connectivity index (χ2n) is 5.90. The van der Waals surface area contributed by atoms with E-state index >= 15 is 0 Å². The maximum absolute atomic E-state index is 12.8. The molecule has 0 saturated heterocycles. The average molecular weight is 364 g/mol. The van der Waals surface area contributed by atoms with Crippen LogP contribution in [0.2, 0.25) is 0 Å². The number of rotatable bonds is 10. The highest BCUT2D eigenvalue weighted by Crippen LogP contribution is 2.27. The molecule has 142 valence electrons. The quantitative estimate of drug-likeness (QED) is 0.621. The van der Waals surface area contributed by atoms with Crippen molar-refractivity contribution in [3.05, 3.63) is 29.8 Å². The van der Waals surface area contributed by atoms with Crippen LogP contribution in [0, 0.1) is 5.41 Å². The maximum atomic E-state index is 12.8. The van der Waals surface area contributed by atoms with Crippen LogP contribution in [0.5, 0.6) is 0 Å². The number of carbonyl (C=O) groups is 1. The number of halogens is 4. The van der Waals surface area contributed by atoms with Gasteiger partial charge in [-0.05, 0) is 30.5 Å². The lowest BCUT2D eigenvalue weighted by Gasteiger charge is -2.28. The molecule has 0 aliphatic heterocycles. The number of anilines is 1. The van der Waals surface area contributed by atoms with Crippen molar-refractivity contribution in [3.8, 4) is 0 Å². The van der Waals surface area contributed by atoms with Gasteiger partial charge in [-0.1, -0.05) is 26.0 Å². The van der Waals surface area contributed by atoms with Crippen LogP contribution in [-0.2, 0) is 16.1 Å². The van der Waals surface area contributed by atoms with E-state index in [1.165, 1.54) is 0 Å². The number of hydrogen-bond acceptors (Lipinski definition) is 3. The molecule has 0 aromatic heterocycles. The summed E-state index contributed by atoms with van der Waals surface area (Å²) in [4.78, 5) is 12.5. The second-order valence-corrected chi connectivity index (χ2v) is 5.90. The maximum Gasteiger partial charge on any atom is 0.330 e. The van der Waals surface area contributed by atoms with Crippen LogP contribution in [0.4, 0.5) is 23.2 Å². The van der Waals surface area contributed by atoms with Crippen LogP contribution in [0.1, 0.15) is 32.3 Å². The van der Waals surface area contributed by atoms with E-state index in [-0.39, 0.29) is 19.1 Å². The molecule has 0 saturated carbocycles. The molecule has 8 heteroatoms.